The van der Waals surface area contributed by atoms with Crippen molar-refractivity contribution in [2.75, 3.05) is 63.4 Å². The van der Waals surface area contributed by atoms with Crippen LogP contribution in [0.15, 0.2) is 22.9 Å². The first-order valence-corrected chi connectivity index (χ1v) is 17.5. The molecule has 4 N–H and O–H groups in total. The molecule has 3 fully saturated rings. The Kier molecular flexibility index (Phi) is 10.4. The fourth-order valence-corrected chi connectivity index (χ4v) is 8.01. The maximum absolute atomic E-state index is 13.9. The van der Waals surface area contributed by atoms with Gasteiger partial charge in [0.2, 0.25) is 0 Å². The second-order valence-corrected chi connectivity index (χ2v) is 13.8. The highest BCUT2D eigenvalue weighted by molar-refractivity contribution is 7.08. The summed E-state index contributed by atoms with van der Waals surface area (Å²) < 4.78 is 88.6. The Hall–Kier alpha value is -3.77. The van der Waals surface area contributed by atoms with Crippen molar-refractivity contribution in [3.63, 3.8) is 0 Å². The summed E-state index contributed by atoms with van der Waals surface area (Å²) in [4.78, 5) is 46.9. The largest absolute Gasteiger partial charge is 0.436 e. The van der Waals surface area contributed by atoms with Gasteiger partial charge in [-0.3, -0.25) is 9.69 Å². The molecular formula is C32H39F6N7O4S. The van der Waals surface area contributed by atoms with Crippen molar-refractivity contribution < 1.29 is 45.5 Å². The molecule has 0 spiro atoms. The maximum atomic E-state index is 13.9. The molecule has 1 aromatic carbocycles. The summed E-state index contributed by atoms with van der Waals surface area (Å²) >= 11 is 1.48. The van der Waals surface area contributed by atoms with Crippen LogP contribution < -0.4 is 16.4 Å². The molecule has 1 atom stereocenters. The molecule has 4 aliphatic heterocycles. The summed E-state index contributed by atoms with van der Waals surface area (Å²) in [7, 11) is 0. The Morgan fingerprint density at radius 2 is 1.50 bits per heavy atom. The number of rotatable bonds is 6. The van der Waals surface area contributed by atoms with Crippen LogP contribution in [0.4, 0.5) is 47.3 Å². The van der Waals surface area contributed by atoms with Gasteiger partial charge in [-0.15, -0.1) is 11.3 Å². The number of amides is 4. The summed E-state index contributed by atoms with van der Waals surface area (Å²) in [6, 6.07) is 0.855. The predicted molar refractivity (Wildman–Crippen MR) is 172 cm³/mol. The molecule has 50 heavy (non-hydrogen) atoms. The molecule has 0 aliphatic carbocycles. The second kappa shape index (κ2) is 14.5. The minimum atomic E-state index is -5.21. The van der Waals surface area contributed by atoms with Gasteiger partial charge in [-0.2, -0.15) is 26.3 Å². The van der Waals surface area contributed by atoms with Crippen LogP contribution in [0.3, 0.4) is 0 Å². The Balaban J connectivity index is 1.18. The molecule has 4 aliphatic rings. The van der Waals surface area contributed by atoms with Gasteiger partial charge in [-0.25, -0.2) is 9.59 Å². The molecule has 3 saturated heterocycles. The number of nitrogens with zero attached hydrogens (tertiary/aromatic N) is 4. The number of alkyl halides is 6. The Bertz CT molecular complexity index is 1530. The van der Waals surface area contributed by atoms with Crippen LogP contribution >= 0.6 is 11.3 Å². The lowest BCUT2D eigenvalue weighted by Crippen LogP contribution is -2.56. The van der Waals surface area contributed by atoms with Crippen molar-refractivity contribution in [3.8, 4) is 0 Å². The highest BCUT2D eigenvalue weighted by Crippen LogP contribution is 2.42. The molecule has 11 nitrogen and oxygen atoms in total. The third kappa shape index (κ3) is 7.91. The third-order valence-electron chi connectivity index (χ3n) is 9.99. The number of piperazine rings is 1. The van der Waals surface area contributed by atoms with Crippen molar-refractivity contribution in [3.05, 3.63) is 45.1 Å². The number of nitrogen functional groups attached to an aromatic ring is 1. The molecular weight excluding hydrogens is 692 g/mol. The van der Waals surface area contributed by atoms with Gasteiger partial charge in [0.25, 0.3) is 5.91 Å². The van der Waals surface area contributed by atoms with Gasteiger partial charge >= 0.3 is 24.5 Å². The molecule has 6 rings (SSSR count). The fourth-order valence-electron chi connectivity index (χ4n) is 7.23. The van der Waals surface area contributed by atoms with Crippen LogP contribution in [0.1, 0.15) is 47.9 Å². The molecule has 2 aromatic rings. The smallest absolute Gasteiger partial charge is 0.418 e. The average Bonchev–Trinajstić information content (AvgIpc) is 3.54. The zero-order chi connectivity index (χ0) is 35.8. The standard InChI is InChI=1S/C32H39F6N7O4S/c33-31(34,35)23-13-19(14-24(27(23)39)32(36,37)38)15-26(28(46)43-11-9-42(10-12-43)21-1-5-40-6-2-21)49-30(48)44-7-3-22(4-8-44)45-16-20-17-50-18-25(20)41-29(45)47/h13-14,17-18,21-22,26,40H,1-12,15-16,39H2,(H,41,47)/t26-/m1/s1. The van der Waals surface area contributed by atoms with E-state index in [0.717, 1.165) is 37.2 Å². The SMILES string of the molecule is Nc1c(C(F)(F)F)cc(C[C@@H](OC(=O)N2CCC(N3Cc4cscc4NC3=O)CC2)C(=O)N2CCN(C3CCNCC3)CC2)cc1C(F)(F)F. The summed E-state index contributed by atoms with van der Waals surface area (Å²) in [6.07, 6.45) is -11.0. The number of ether oxygens (including phenoxy) is 1. The number of likely N-dealkylation sites (tertiary alicyclic amines) is 1. The lowest BCUT2D eigenvalue weighted by atomic mass is 9.97. The quantitative estimate of drug-likeness (QED) is 0.288. The van der Waals surface area contributed by atoms with Crippen LogP contribution in [-0.4, -0.2) is 108 Å². The Morgan fingerprint density at radius 3 is 2.10 bits per heavy atom. The van der Waals surface area contributed by atoms with Crippen LogP contribution in [0, 0.1) is 0 Å². The lowest BCUT2D eigenvalue weighted by Gasteiger charge is -2.42. The number of halogens is 6. The molecule has 0 bridgehead atoms. The Morgan fingerprint density at radius 1 is 0.880 bits per heavy atom. The van der Waals surface area contributed by atoms with Gasteiger partial charge in [-0.05, 0) is 61.8 Å². The van der Waals surface area contributed by atoms with E-state index < -0.39 is 59.3 Å². The first-order valence-electron chi connectivity index (χ1n) is 16.6. The molecule has 1 aromatic heterocycles. The monoisotopic (exact) mass is 731 g/mol. The summed E-state index contributed by atoms with van der Waals surface area (Å²) in [5.74, 6) is -0.700. The summed E-state index contributed by atoms with van der Waals surface area (Å²) in [5.41, 5.74) is 1.75. The van der Waals surface area contributed by atoms with E-state index >= 15 is 0 Å². The van der Waals surface area contributed by atoms with Gasteiger partial charge < -0.3 is 35.8 Å². The normalized spacial score (nSPS) is 20.8. The zero-order valence-corrected chi connectivity index (χ0v) is 27.9. The van der Waals surface area contributed by atoms with Crippen LogP contribution in [-0.2, 0) is 34.8 Å². The minimum Gasteiger partial charge on any atom is -0.436 e. The number of thiophene rings is 1. The third-order valence-corrected chi connectivity index (χ3v) is 10.8. The number of fused-ring (bicyclic) bond motifs is 1. The number of anilines is 2. The first-order chi connectivity index (χ1) is 23.7. The molecule has 0 saturated carbocycles. The minimum absolute atomic E-state index is 0.165. The van der Waals surface area contributed by atoms with Crippen molar-refractivity contribution in [2.45, 2.75) is 69.2 Å². The van der Waals surface area contributed by atoms with Gasteiger partial charge in [0, 0.05) is 68.7 Å². The van der Waals surface area contributed by atoms with Crippen LogP contribution in [0.2, 0.25) is 0 Å². The second-order valence-electron chi connectivity index (χ2n) is 13.1. The van der Waals surface area contributed by atoms with E-state index in [9.17, 15) is 40.7 Å². The average molecular weight is 732 g/mol. The molecule has 0 unspecified atom stereocenters. The van der Waals surface area contributed by atoms with Gasteiger partial charge in [-0.1, -0.05) is 0 Å². The molecule has 0 radical (unpaired) electrons. The number of carbonyl (C=O) groups is 3. The van der Waals surface area contributed by atoms with Crippen LogP contribution in [0.5, 0.6) is 0 Å². The highest BCUT2D eigenvalue weighted by atomic mass is 32.1. The highest BCUT2D eigenvalue weighted by Gasteiger charge is 2.42. The predicted octanol–water partition coefficient (Wildman–Crippen LogP) is 4.82. The van der Waals surface area contributed by atoms with E-state index in [-0.39, 0.29) is 38.3 Å². The lowest BCUT2D eigenvalue weighted by molar-refractivity contribution is -0.143. The van der Waals surface area contributed by atoms with E-state index in [0.29, 0.717) is 50.7 Å². The van der Waals surface area contributed by atoms with Gasteiger partial charge in [0.05, 0.1) is 29.0 Å². The van der Waals surface area contributed by atoms with Crippen molar-refractivity contribution in [1.82, 2.24) is 24.9 Å². The van der Waals surface area contributed by atoms with Crippen molar-refractivity contribution in [2.24, 2.45) is 0 Å². The van der Waals surface area contributed by atoms with Crippen molar-refractivity contribution >= 4 is 40.7 Å². The van der Waals surface area contributed by atoms with E-state index in [2.05, 4.69) is 15.5 Å². The van der Waals surface area contributed by atoms with Crippen molar-refractivity contribution in [1.29, 1.82) is 0 Å². The van der Waals surface area contributed by atoms with Gasteiger partial charge in [0.1, 0.15) is 0 Å². The topological polar surface area (TPSA) is 123 Å². The van der Waals surface area contributed by atoms with E-state index in [1.165, 1.54) is 21.1 Å². The fraction of sp³-hybridized carbons (Fsp3) is 0.594. The number of benzene rings is 1. The van der Waals surface area contributed by atoms with Crippen LogP contribution in [0.25, 0.3) is 0 Å². The van der Waals surface area contributed by atoms with E-state index in [4.69, 9.17) is 10.5 Å². The number of nitrogens with two attached hydrogens (primary N) is 1. The zero-order valence-electron chi connectivity index (χ0n) is 27.1. The Labute approximate surface area is 288 Å². The maximum Gasteiger partial charge on any atom is 0.418 e. The number of nitrogens with one attached hydrogen (secondary N) is 2. The number of hydrogen-bond donors (Lipinski definition) is 3. The summed E-state index contributed by atoms with van der Waals surface area (Å²) in [5, 5.41) is 9.97. The number of carbonyl (C=O) groups excluding carboxylic acids is 3. The summed E-state index contributed by atoms with van der Waals surface area (Å²) in [6.45, 7) is 4.07. The number of urea groups is 1. The van der Waals surface area contributed by atoms with Gasteiger partial charge in [0.15, 0.2) is 6.10 Å². The first kappa shape index (κ1) is 36.0. The molecule has 5 heterocycles. The van der Waals surface area contributed by atoms with E-state index in [1.54, 1.807) is 4.90 Å². The number of hydrogen-bond acceptors (Lipinski definition) is 8. The number of piperidine rings is 2. The molecule has 18 heteroatoms. The van der Waals surface area contributed by atoms with E-state index in [1.807, 2.05) is 10.8 Å². The molecule has 4 amide bonds. The molecule has 274 valence electrons.